The summed E-state index contributed by atoms with van der Waals surface area (Å²) in [5.41, 5.74) is -0.257. The molecular weight excluding hydrogens is 300 g/mol. The van der Waals surface area contributed by atoms with E-state index in [1.54, 1.807) is 6.20 Å². The van der Waals surface area contributed by atoms with Crippen LogP contribution in [-0.2, 0) is 15.1 Å². The monoisotopic (exact) mass is 314 g/mol. The van der Waals surface area contributed by atoms with Gasteiger partial charge in [-0.25, -0.2) is 9.97 Å². The minimum atomic E-state index is -0.914. The van der Waals surface area contributed by atoms with Gasteiger partial charge in [0.05, 0.1) is 23.4 Å². The number of hydrogen-bond acceptors (Lipinski definition) is 5. The van der Waals surface area contributed by atoms with Crippen molar-refractivity contribution in [2.75, 3.05) is 13.2 Å². The molecule has 0 bridgehead atoms. The second kappa shape index (κ2) is 4.52. The van der Waals surface area contributed by atoms with Crippen LogP contribution >= 0.6 is 15.9 Å². The molecule has 1 aliphatic heterocycles. The van der Waals surface area contributed by atoms with Crippen LogP contribution in [0.2, 0.25) is 0 Å². The molecule has 1 saturated carbocycles. The molecule has 0 unspecified atom stereocenters. The first-order valence-electron chi connectivity index (χ1n) is 6.10. The molecule has 5 nitrogen and oxygen atoms in total. The van der Waals surface area contributed by atoms with Gasteiger partial charge in [0, 0.05) is 19.0 Å². The molecule has 2 aliphatic rings. The van der Waals surface area contributed by atoms with Gasteiger partial charge in [-0.3, -0.25) is 0 Å². The summed E-state index contributed by atoms with van der Waals surface area (Å²) in [5.74, 6) is -0.467. The zero-order chi connectivity index (χ0) is 12.6. The first-order chi connectivity index (χ1) is 8.64. The lowest BCUT2D eigenvalue weighted by Crippen LogP contribution is -2.42. The van der Waals surface area contributed by atoms with Crippen molar-refractivity contribution in [2.45, 2.75) is 37.1 Å². The highest BCUT2D eigenvalue weighted by Gasteiger charge is 2.47. The molecule has 0 atom stereocenters. The van der Waals surface area contributed by atoms with Gasteiger partial charge in [0.2, 0.25) is 0 Å². The quantitative estimate of drug-likeness (QED) is 0.855. The summed E-state index contributed by atoms with van der Waals surface area (Å²) >= 11 is 3.39. The number of aliphatic hydroxyl groups is 1. The molecule has 1 N–H and O–H groups in total. The maximum atomic E-state index is 10.7. The fourth-order valence-electron chi connectivity index (χ4n) is 2.72. The van der Waals surface area contributed by atoms with E-state index in [9.17, 15) is 5.11 Å². The van der Waals surface area contributed by atoms with Crippen molar-refractivity contribution < 1.29 is 14.6 Å². The summed E-state index contributed by atoms with van der Waals surface area (Å²) in [7, 11) is 0. The average molecular weight is 315 g/mol. The Morgan fingerprint density at radius 2 is 1.83 bits per heavy atom. The molecule has 1 aliphatic carbocycles. The van der Waals surface area contributed by atoms with Gasteiger partial charge in [0.25, 0.3) is 0 Å². The topological polar surface area (TPSA) is 64.5 Å². The zero-order valence-corrected chi connectivity index (χ0v) is 11.5. The number of ether oxygens (including phenoxy) is 2. The van der Waals surface area contributed by atoms with Gasteiger partial charge in [-0.2, -0.15) is 0 Å². The predicted molar refractivity (Wildman–Crippen MR) is 66.7 cm³/mol. The maximum Gasteiger partial charge on any atom is 0.168 e. The lowest BCUT2D eigenvalue weighted by molar-refractivity contribution is -0.205. The van der Waals surface area contributed by atoms with Crippen LogP contribution in [0.4, 0.5) is 0 Å². The van der Waals surface area contributed by atoms with Crippen molar-refractivity contribution in [1.82, 2.24) is 9.97 Å². The van der Waals surface area contributed by atoms with Crippen molar-refractivity contribution in [3.05, 3.63) is 22.7 Å². The standard InChI is InChI=1S/C12H15BrN2O3/c13-9-7-14-8-15-10(9)11(16)1-3-12(4-2-11)17-5-6-18-12/h7-8,16H,1-6H2. The molecule has 18 heavy (non-hydrogen) atoms. The Labute approximate surface area is 114 Å². The Balaban J connectivity index is 1.80. The van der Waals surface area contributed by atoms with Crippen molar-refractivity contribution >= 4 is 15.9 Å². The average Bonchev–Trinajstić information content (AvgIpc) is 2.83. The van der Waals surface area contributed by atoms with Crippen molar-refractivity contribution in [3.8, 4) is 0 Å². The number of nitrogens with zero attached hydrogens (tertiary/aromatic N) is 2. The third kappa shape index (κ3) is 2.07. The molecule has 0 radical (unpaired) electrons. The molecule has 6 heteroatoms. The van der Waals surface area contributed by atoms with Crippen molar-refractivity contribution in [3.63, 3.8) is 0 Å². The summed E-state index contributed by atoms with van der Waals surface area (Å²) in [6, 6.07) is 0. The second-order valence-electron chi connectivity index (χ2n) is 4.86. The number of rotatable bonds is 1. The summed E-state index contributed by atoms with van der Waals surface area (Å²) in [5, 5.41) is 10.7. The second-order valence-corrected chi connectivity index (χ2v) is 5.71. The van der Waals surface area contributed by atoms with Crippen molar-refractivity contribution in [1.29, 1.82) is 0 Å². The lowest BCUT2D eigenvalue weighted by atomic mass is 9.79. The van der Waals surface area contributed by atoms with Gasteiger partial charge in [-0.1, -0.05) is 0 Å². The van der Waals surface area contributed by atoms with Crippen LogP contribution in [0.15, 0.2) is 17.0 Å². The van der Waals surface area contributed by atoms with Crippen LogP contribution in [0.3, 0.4) is 0 Å². The summed E-state index contributed by atoms with van der Waals surface area (Å²) in [4.78, 5) is 8.12. The largest absolute Gasteiger partial charge is 0.384 e. The third-order valence-electron chi connectivity index (χ3n) is 3.76. The van der Waals surface area contributed by atoms with Crippen LogP contribution in [0, 0.1) is 0 Å². The first kappa shape index (κ1) is 12.5. The van der Waals surface area contributed by atoms with Gasteiger partial charge in [0.1, 0.15) is 11.9 Å². The van der Waals surface area contributed by atoms with E-state index in [4.69, 9.17) is 9.47 Å². The molecular formula is C12H15BrN2O3. The van der Waals surface area contributed by atoms with Crippen LogP contribution in [0.1, 0.15) is 31.4 Å². The van der Waals surface area contributed by atoms with Gasteiger partial charge in [0.15, 0.2) is 5.79 Å². The van der Waals surface area contributed by atoms with Crippen LogP contribution in [0.5, 0.6) is 0 Å². The normalized spacial score (nSPS) is 25.4. The number of aromatic nitrogens is 2. The third-order valence-corrected chi connectivity index (χ3v) is 4.34. The number of halogens is 1. The van der Waals surface area contributed by atoms with E-state index >= 15 is 0 Å². The van der Waals surface area contributed by atoms with E-state index in [2.05, 4.69) is 25.9 Å². The van der Waals surface area contributed by atoms with E-state index in [1.165, 1.54) is 6.33 Å². The number of hydrogen-bond donors (Lipinski definition) is 1. The smallest absolute Gasteiger partial charge is 0.168 e. The van der Waals surface area contributed by atoms with Gasteiger partial charge >= 0.3 is 0 Å². The molecule has 2 fully saturated rings. The molecule has 3 rings (SSSR count). The highest BCUT2D eigenvalue weighted by Crippen LogP contribution is 2.45. The minimum Gasteiger partial charge on any atom is -0.384 e. The highest BCUT2D eigenvalue weighted by atomic mass is 79.9. The molecule has 0 aromatic carbocycles. The van der Waals surface area contributed by atoms with Crippen LogP contribution < -0.4 is 0 Å². The molecule has 1 saturated heterocycles. The van der Waals surface area contributed by atoms with Crippen LogP contribution in [0.25, 0.3) is 0 Å². The predicted octanol–water partition coefficient (Wildman–Crippen LogP) is 1.74. The molecule has 2 heterocycles. The Morgan fingerprint density at radius 3 is 2.44 bits per heavy atom. The zero-order valence-electron chi connectivity index (χ0n) is 9.93. The maximum absolute atomic E-state index is 10.7. The van der Waals surface area contributed by atoms with Gasteiger partial charge in [-0.05, 0) is 28.8 Å². The Bertz CT molecular complexity index is 439. The highest BCUT2D eigenvalue weighted by molar-refractivity contribution is 9.10. The van der Waals surface area contributed by atoms with Crippen LogP contribution in [-0.4, -0.2) is 34.1 Å². The van der Waals surface area contributed by atoms with Gasteiger partial charge in [-0.15, -0.1) is 0 Å². The van der Waals surface area contributed by atoms with E-state index in [1.807, 2.05) is 0 Å². The molecule has 1 aromatic rings. The minimum absolute atomic E-state index is 0.467. The van der Waals surface area contributed by atoms with E-state index in [0.717, 1.165) is 4.47 Å². The summed E-state index contributed by atoms with van der Waals surface area (Å²) in [6.07, 6.45) is 5.68. The molecule has 1 spiro atoms. The Morgan fingerprint density at radius 1 is 1.17 bits per heavy atom. The lowest BCUT2D eigenvalue weighted by Gasteiger charge is -2.40. The summed E-state index contributed by atoms with van der Waals surface area (Å²) < 4.78 is 12.1. The molecule has 98 valence electrons. The Hall–Kier alpha value is -0.560. The fourth-order valence-corrected chi connectivity index (χ4v) is 3.31. The molecule has 0 amide bonds. The molecule has 1 aromatic heterocycles. The Kier molecular flexibility index (Phi) is 3.13. The van der Waals surface area contributed by atoms with E-state index in [0.29, 0.717) is 44.6 Å². The first-order valence-corrected chi connectivity index (χ1v) is 6.89. The SMILES string of the molecule is OC1(c2ncncc2Br)CCC2(CC1)OCCO2. The van der Waals surface area contributed by atoms with E-state index < -0.39 is 11.4 Å². The fraction of sp³-hybridized carbons (Fsp3) is 0.667. The van der Waals surface area contributed by atoms with E-state index in [-0.39, 0.29) is 0 Å². The summed E-state index contributed by atoms with van der Waals surface area (Å²) in [6.45, 7) is 1.30. The van der Waals surface area contributed by atoms with Crippen molar-refractivity contribution in [2.24, 2.45) is 0 Å². The van der Waals surface area contributed by atoms with Gasteiger partial charge < -0.3 is 14.6 Å².